The fourth-order valence-corrected chi connectivity index (χ4v) is 1.71. The summed E-state index contributed by atoms with van der Waals surface area (Å²) in [5.74, 6) is 1.31. The van der Waals surface area contributed by atoms with E-state index in [9.17, 15) is 4.79 Å². The van der Waals surface area contributed by atoms with Crippen LogP contribution in [0.15, 0.2) is 36.5 Å². The van der Waals surface area contributed by atoms with Gasteiger partial charge in [-0.2, -0.15) is 0 Å². The van der Waals surface area contributed by atoms with Crippen LogP contribution in [0.1, 0.15) is 18.2 Å². The Bertz CT molecular complexity index is 609. The Labute approximate surface area is 112 Å². The first-order valence-electron chi connectivity index (χ1n) is 6.03. The molecule has 0 fully saturated rings. The summed E-state index contributed by atoms with van der Waals surface area (Å²) in [5.41, 5.74) is 2.65. The molecule has 4 nitrogen and oxygen atoms in total. The molecule has 19 heavy (non-hydrogen) atoms. The zero-order valence-corrected chi connectivity index (χ0v) is 11.2. The molecule has 1 amide bonds. The second-order valence-corrected chi connectivity index (χ2v) is 4.39. The molecule has 1 heterocycles. The van der Waals surface area contributed by atoms with Gasteiger partial charge in [-0.15, -0.1) is 0 Å². The lowest BCUT2D eigenvalue weighted by Gasteiger charge is -2.10. The van der Waals surface area contributed by atoms with E-state index in [0.29, 0.717) is 5.75 Å². The van der Waals surface area contributed by atoms with Gasteiger partial charge in [0, 0.05) is 36.6 Å². The number of nitrogens with one attached hydrogen (secondary N) is 1. The Morgan fingerprint density at radius 3 is 2.58 bits per heavy atom. The van der Waals surface area contributed by atoms with Gasteiger partial charge in [-0.25, -0.2) is 0 Å². The minimum Gasteiger partial charge on any atom is -0.457 e. The highest BCUT2D eigenvalue weighted by Crippen LogP contribution is 2.26. The van der Waals surface area contributed by atoms with E-state index < -0.39 is 0 Å². The number of pyridine rings is 1. The van der Waals surface area contributed by atoms with Crippen LogP contribution >= 0.6 is 0 Å². The number of carbonyl (C=O) groups is 1. The number of nitrogens with zero attached hydrogens (tertiary/aromatic N) is 1. The molecule has 1 N–H and O–H groups in total. The van der Waals surface area contributed by atoms with Gasteiger partial charge in [0.05, 0.1) is 0 Å². The molecule has 0 radical (unpaired) electrons. The number of rotatable bonds is 3. The number of aryl methyl sites for hydroxylation is 2. The van der Waals surface area contributed by atoms with Gasteiger partial charge in [0.1, 0.15) is 11.5 Å². The Morgan fingerprint density at radius 1 is 1.16 bits per heavy atom. The van der Waals surface area contributed by atoms with Gasteiger partial charge in [0.25, 0.3) is 0 Å². The molecule has 2 rings (SSSR count). The van der Waals surface area contributed by atoms with Gasteiger partial charge in [0.2, 0.25) is 5.91 Å². The third-order valence-electron chi connectivity index (χ3n) is 2.62. The maximum atomic E-state index is 11.1. The minimum absolute atomic E-state index is 0.0972. The monoisotopic (exact) mass is 256 g/mol. The van der Waals surface area contributed by atoms with Crippen molar-refractivity contribution in [3.63, 3.8) is 0 Å². The molecule has 0 bridgehead atoms. The van der Waals surface area contributed by atoms with Gasteiger partial charge in [-0.1, -0.05) is 6.07 Å². The third kappa shape index (κ3) is 3.55. The van der Waals surface area contributed by atoms with Gasteiger partial charge >= 0.3 is 0 Å². The van der Waals surface area contributed by atoms with Crippen molar-refractivity contribution in [3.05, 3.63) is 47.8 Å². The molecule has 2 aromatic rings. The Balaban J connectivity index is 2.23. The van der Waals surface area contributed by atoms with Crippen LogP contribution in [0.5, 0.6) is 11.5 Å². The molecule has 0 aliphatic heterocycles. The predicted molar refractivity (Wildman–Crippen MR) is 74.5 cm³/mol. The predicted octanol–water partition coefficient (Wildman–Crippen LogP) is 3.45. The van der Waals surface area contributed by atoms with Crippen LogP contribution in [0, 0.1) is 13.8 Å². The number of amides is 1. The zero-order chi connectivity index (χ0) is 13.8. The summed E-state index contributed by atoms with van der Waals surface area (Å²) in [6.45, 7) is 5.33. The van der Waals surface area contributed by atoms with Crippen LogP contribution in [0.2, 0.25) is 0 Å². The molecule has 0 unspecified atom stereocenters. The van der Waals surface area contributed by atoms with Crippen LogP contribution in [-0.4, -0.2) is 10.9 Å². The summed E-state index contributed by atoms with van der Waals surface area (Å²) in [7, 11) is 0. The second kappa shape index (κ2) is 5.52. The molecule has 1 aromatic heterocycles. The number of ether oxygens (including phenoxy) is 1. The highest BCUT2D eigenvalue weighted by Gasteiger charge is 2.04. The normalized spacial score (nSPS) is 10.1. The van der Waals surface area contributed by atoms with Crippen molar-refractivity contribution in [3.8, 4) is 11.5 Å². The van der Waals surface area contributed by atoms with Gasteiger partial charge in [0.15, 0.2) is 0 Å². The first-order chi connectivity index (χ1) is 9.04. The van der Waals surface area contributed by atoms with E-state index in [-0.39, 0.29) is 5.91 Å². The smallest absolute Gasteiger partial charge is 0.221 e. The highest BCUT2D eigenvalue weighted by atomic mass is 16.5. The summed E-state index contributed by atoms with van der Waals surface area (Å²) >= 11 is 0. The van der Waals surface area contributed by atoms with E-state index in [1.165, 1.54) is 6.92 Å². The fourth-order valence-electron chi connectivity index (χ4n) is 1.71. The molecule has 0 spiro atoms. The topological polar surface area (TPSA) is 51.2 Å². The van der Waals surface area contributed by atoms with E-state index >= 15 is 0 Å². The average Bonchev–Trinajstić information content (AvgIpc) is 2.33. The van der Waals surface area contributed by atoms with Crippen molar-refractivity contribution >= 4 is 11.6 Å². The van der Waals surface area contributed by atoms with Gasteiger partial charge in [-0.05, 0) is 31.5 Å². The van der Waals surface area contributed by atoms with Crippen LogP contribution in [-0.2, 0) is 4.79 Å². The van der Waals surface area contributed by atoms with Crippen LogP contribution < -0.4 is 10.1 Å². The van der Waals surface area contributed by atoms with Crippen molar-refractivity contribution in [2.45, 2.75) is 20.8 Å². The number of hydrogen-bond acceptors (Lipinski definition) is 3. The molecule has 1 aromatic carbocycles. The average molecular weight is 256 g/mol. The number of hydrogen-bond donors (Lipinski definition) is 1. The maximum absolute atomic E-state index is 11.1. The minimum atomic E-state index is -0.0972. The maximum Gasteiger partial charge on any atom is 0.221 e. The number of carbonyl (C=O) groups excluding carboxylic acids is 1. The quantitative estimate of drug-likeness (QED) is 0.915. The van der Waals surface area contributed by atoms with Crippen molar-refractivity contribution in [1.82, 2.24) is 4.98 Å². The standard InChI is InChI=1S/C15H16N2O2/c1-10-4-5-13(9-15(10)17-12(3)18)19-14-6-7-16-11(2)8-14/h4-9H,1-3H3,(H,17,18). The summed E-state index contributed by atoms with van der Waals surface area (Å²) in [6.07, 6.45) is 1.70. The molecule has 0 saturated heterocycles. The SMILES string of the molecule is CC(=O)Nc1cc(Oc2ccnc(C)c2)ccc1C. The van der Waals surface area contributed by atoms with E-state index in [2.05, 4.69) is 10.3 Å². The van der Waals surface area contributed by atoms with Crippen LogP contribution in [0.25, 0.3) is 0 Å². The molecule has 0 aliphatic carbocycles. The van der Waals surface area contributed by atoms with Crippen molar-refractivity contribution in [1.29, 1.82) is 0 Å². The van der Waals surface area contributed by atoms with Crippen molar-refractivity contribution in [2.24, 2.45) is 0 Å². The number of benzene rings is 1. The second-order valence-electron chi connectivity index (χ2n) is 4.39. The van der Waals surface area contributed by atoms with Gasteiger partial charge in [-0.3, -0.25) is 9.78 Å². The lowest BCUT2D eigenvalue weighted by atomic mass is 10.2. The first kappa shape index (κ1) is 13.1. The molecular formula is C15H16N2O2. The van der Waals surface area contributed by atoms with E-state index in [1.807, 2.05) is 38.1 Å². The number of aromatic nitrogens is 1. The lowest BCUT2D eigenvalue weighted by molar-refractivity contribution is -0.114. The Hall–Kier alpha value is -2.36. The Morgan fingerprint density at radius 2 is 1.89 bits per heavy atom. The van der Waals surface area contributed by atoms with Crippen molar-refractivity contribution < 1.29 is 9.53 Å². The van der Waals surface area contributed by atoms with E-state index in [1.54, 1.807) is 12.3 Å². The van der Waals surface area contributed by atoms with E-state index in [0.717, 1.165) is 22.7 Å². The van der Waals surface area contributed by atoms with E-state index in [4.69, 9.17) is 4.74 Å². The molecule has 0 aliphatic rings. The molecule has 0 saturated carbocycles. The Kier molecular flexibility index (Phi) is 3.80. The summed E-state index contributed by atoms with van der Waals surface area (Å²) in [6, 6.07) is 9.25. The molecule has 98 valence electrons. The summed E-state index contributed by atoms with van der Waals surface area (Å²) < 4.78 is 5.75. The highest BCUT2D eigenvalue weighted by molar-refractivity contribution is 5.89. The van der Waals surface area contributed by atoms with Crippen molar-refractivity contribution in [2.75, 3.05) is 5.32 Å². The zero-order valence-electron chi connectivity index (χ0n) is 11.2. The molecular weight excluding hydrogens is 240 g/mol. The lowest BCUT2D eigenvalue weighted by Crippen LogP contribution is -2.07. The van der Waals surface area contributed by atoms with Crippen LogP contribution in [0.4, 0.5) is 5.69 Å². The summed E-state index contributed by atoms with van der Waals surface area (Å²) in [4.78, 5) is 15.2. The first-order valence-corrected chi connectivity index (χ1v) is 6.03. The van der Waals surface area contributed by atoms with Crippen LogP contribution in [0.3, 0.4) is 0 Å². The third-order valence-corrected chi connectivity index (χ3v) is 2.62. The molecule has 0 atom stereocenters. The summed E-state index contributed by atoms with van der Waals surface area (Å²) in [5, 5.41) is 2.78. The fraction of sp³-hybridized carbons (Fsp3) is 0.200. The van der Waals surface area contributed by atoms with Gasteiger partial charge < -0.3 is 10.1 Å². The molecule has 4 heteroatoms. The number of anilines is 1. The largest absolute Gasteiger partial charge is 0.457 e.